The number of carbonyl (C=O) groups excluding carboxylic acids is 1. The maximum atomic E-state index is 12.8. The van der Waals surface area contributed by atoms with Gasteiger partial charge in [-0.05, 0) is 49.3 Å². The van der Waals surface area contributed by atoms with E-state index in [0.29, 0.717) is 13.3 Å². The molecule has 1 atom stereocenters. The van der Waals surface area contributed by atoms with E-state index < -0.39 is 0 Å². The van der Waals surface area contributed by atoms with Gasteiger partial charge < -0.3 is 18.9 Å². The minimum absolute atomic E-state index is 0.0750. The van der Waals surface area contributed by atoms with Crippen LogP contribution in [0.5, 0.6) is 11.5 Å². The van der Waals surface area contributed by atoms with Crippen LogP contribution in [0.3, 0.4) is 0 Å². The van der Waals surface area contributed by atoms with Crippen LogP contribution in [0.1, 0.15) is 31.2 Å². The quantitative estimate of drug-likeness (QED) is 0.846. The van der Waals surface area contributed by atoms with Gasteiger partial charge in [-0.15, -0.1) is 0 Å². The first kappa shape index (κ1) is 16.9. The van der Waals surface area contributed by atoms with Crippen molar-refractivity contribution >= 4 is 5.91 Å². The van der Waals surface area contributed by atoms with Crippen LogP contribution >= 0.6 is 0 Å². The third-order valence-electron chi connectivity index (χ3n) is 5.43. The molecule has 1 fully saturated rings. The Labute approximate surface area is 153 Å². The minimum Gasteiger partial charge on any atom is -0.454 e. The third kappa shape index (κ3) is 3.41. The summed E-state index contributed by atoms with van der Waals surface area (Å²) < 4.78 is 12.8. The van der Waals surface area contributed by atoms with Crippen molar-refractivity contribution in [3.8, 4) is 11.5 Å². The van der Waals surface area contributed by atoms with Crippen LogP contribution in [-0.4, -0.2) is 40.2 Å². The first-order chi connectivity index (χ1) is 12.5. The highest BCUT2D eigenvalue weighted by Crippen LogP contribution is 2.37. The Balaban J connectivity index is 1.43. The van der Waals surface area contributed by atoms with Gasteiger partial charge in [-0.2, -0.15) is 0 Å². The van der Waals surface area contributed by atoms with E-state index in [-0.39, 0.29) is 11.3 Å². The topological polar surface area (TPSA) is 56.6 Å². The van der Waals surface area contributed by atoms with E-state index in [1.807, 2.05) is 28.7 Å². The molecule has 0 N–H and O–H groups in total. The van der Waals surface area contributed by atoms with Crippen LogP contribution in [0.2, 0.25) is 0 Å². The standard InChI is InChI=1S/C20H25N3O3/c1-15-21-7-9-22(15)12-19(24)23-8-3-6-20(2,13-23)11-16-4-5-17-18(10-16)26-14-25-17/h4-5,7,9-10H,3,6,8,11-14H2,1-2H3. The Hall–Kier alpha value is -2.50. The van der Waals surface area contributed by atoms with E-state index in [9.17, 15) is 4.79 Å². The number of aromatic nitrogens is 2. The molecule has 6 heteroatoms. The molecule has 26 heavy (non-hydrogen) atoms. The van der Waals surface area contributed by atoms with Gasteiger partial charge in [-0.3, -0.25) is 4.79 Å². The number of imidazole rings is 1. The molecule has 0 saturated carbocycles. The summed E-state index contributed by atoms with van der Waals surface area (Å²) in [5, 5.41) is 0. The normalized spacial score (nSPS) is 21.8. The molecule has 0 bridgehead atoms. The second-order valence-corrected chi connectivity index (χ2v) is 7.70. The zero-order valence-electron chi connectivity index (χ0n) is 15.4. The molecule has 0 aliphatic carbocycles. The number of ether oxygens (including phenoxy) is 2. The molecule has 0 radical (unpaired) electrons. The highest BCUT2D eigenvalue weighted by atomic mass is 16.7. The van der Waals surface area contributed by atoms with Crippen LogP contribution in [0.4, 0.5) is 0 Å². The first-order valence-electron chi connectivity index (χ1n) is 9.16. The number of rotatable bonds is 4. The van der Waals surface area contributed by atoms with Crippen molar-refractivity contribution in [2.75, 3.05) is 19.9 Å². The van der Waals surface area contributed by atoms with Crippen molar-refractivity contribution in [1.82, 2.24) is 14.5 Å². The van der Waals surface area contributed by atoms with Gasteiger partial charge in [0, 0.05) is 25.5 Å². The molecule has 138 valence electrons. The predicted octanol–water partition coefficient (Wildman–Crippen LogP) is 2.79. The van der Waals surface area contributed by atoms with Crippen molar-refractivity contribution in [2.45, 2.75) is 39.7 Å². The van der Waals surface area contributed by atoms with Crippen molar-refractivity contribution in [1.29, 1.82) is 0 Å². The summed E-state index contributed by atoms with van der Waals surface area (Å²) in [5.74, 6) is 2.68. The Kier molecular flexibility index (Phi) is 4.34. The number of piperidine rings is 1. The molecule has 1 aromatic heterocycles. The predicted molar refractivity (Wildman–Crippen MR) is 97.2 cm³/mol. The number of hydrogen-bond donors (Lipinski definition) is 0. The zero-order valence-corrected chi connectivity index (χ0v) is 15.4. The fraction of sp³-hybridized carbons (Fsp3) is 0.500. The minimum atomic E-state index is 0.0750. The average Bonchev–Trinajstić information content (AvgIpc) is 3.23. The molecule has 1 aromatic carbocycles. The molecule has 1 amide bonds. The lowest BCUT2D eigenvalue weighted by molar-refractivity contribution is -0.135. The van der Waals surface area contributed by atoms with E-state index in [1.54, 1.807) is 6.20 Å². The summed E-state index contributed by atoms with van der Waals surface area (Å²) in [6, 6.07) is 6.16. The summed E-state index contributed by atoms with van der Waals surface area (Å²) in [7, 11) is 0. The maximum Gasteiger partial charge on any atom is 0.242 e. The van der Waals surface area contributed by atoms with Crippen LogP contribution in [0.25, 0.3) is 0 Å². The average molecular weight is 355 g/mol. The molecule has 0 spiro atoms. The van der Waals surface area contributed by atoms with E-state index in [2.05, 4.69) is 24.0 Å². The zero-order chi connectivity index (χ0) is 18.1. The van der Waals surface area contributed by atoms with Crippen LogP contribution in [0, 0.1) is 12.3 Å². The van der Waals surface area contributed by atoms with Gasteiger partial charge in [0.25, 0.3) is 0 Å². The van der Waals surface area contributed by atoms with Gasteiger partial charge in [0.15, 0.2) is 11.5 Å². The number of aryl methyl sites for hydroxylation is 1. The molecule has 6 nitrogen and oxygen atoms in total. The van der Waals surface area contributed by atoms with Gasteiger partial charge in [-0.1, -0.05) is 13.0 Å². The highest BCUT2D eigenvalue weighted by molar-refractivity contribution is 5.76. The largest absolute Gasteiger partial charge is 0.454 e. The summed E-state index contributed by atoms with van der Waals surface area (Å²) in [4.78, 5) is 19.0. The SMILES string of the molecule is Cc1nccn1CC(=O)N1CCCC(C)(Cc2ccc3c(c2)OCO3)C1. The molecule has 1 saturated heterocycles. The summed E-state index contributed by atoms with van der Waals surface area (Å²) in [6.07, 6.45) is 6.69. The fourth-order valence-corrected chi connectivity index (χ4v) is 4.03. The third-order valence-corrected chi connectivity index (χ3v) is 5.43. The number of nitrogens with zero attached hydrogens (tertiary/aromatic N) is 3. The number of amides is 1. The second-order valence-electron chi connectivity index (χ2n) is 7.70. The number of benzene rings is 1. The molecule has 2 aliphatic heterocycles. The Morgan fingerprint density at radius 2 is 2.15 bits per heavy atom. The summed E-state index contributed by atoms with van der Waals surface area (Å²) in [5.41, 5.74) is 1.31. The number of likely N-dealkylation sites (tertiary alicyclic amines) is 1. The van der Waals surface area contributed by atoms with Gasteiger partial charge >= 0.3 is 0 Å². The Morgan fingerprint density at radius 3 is 2.96 bits per heavy atom. The maximum absolute atomic E-state index is 12.8. The van der Waals surface area contributed by atoms with Gasteiger partial charge in [0.1, 0.15) is 12.4 Å². The molecule has 2 aliphatic rings. The van der Waals surface area contributed by atoms with E-state index in [4.69, 9.17) is 9.47 Å². The van der Waals surface area contributed by atoms with Gasteiger partial charge in [0.2, 0.25) is 12.7 Å². The van der Waals surface area contributed by atoms with Crippen LogP contribution in [-0.2, 0) is 17.8 Å². The van der Waals surface area contributed by atoms with Crippen LogP contribution in [0.15, 0.2) is 30.6 Å². The lowest BCUT2D eigenvalue weighted by Gasteiger charge is -2.41. The number of carbonyl (C=O) groups is 1. The van der Waals surface area contributed by atoms with Crippen LogP contribution < -0.4 is 9.47 Å². The van der Waals surface area contributed by atoms with Crippen molar-refractivity contribution in [3.63, 3.8) is 0 Å². The molecule has 2 aromatic rings. The van der Waals surface area contributed by atoms with Crippen molar-refractivity contribution in [2.24, 2.45) is 5.41 Å². The highest BCUT2D eigenvalue weighted by Gasteiger charge is 2.33. The van der Waals surface area contributed by atoms with Gasteiger partial charge in [-0.25, -0.2) is 4.98 Å². The van der Waals surface area contributed by atoms with E-state index >= 15 is 0 Å². The monoisotopic (exact) mass is 355 g/mol. The smallest absolute Gasteiger partial charge is 0.242 e. The molecule has 4 rings (SSSR count). The molecule has 3 heterocycles. The lowest BCUT2D eigenvalue weighted by Crippen LogP contribution is -2.46. The fourth-order valence-electron chi connectivity index (χ4n) is 4.03. The summed E-state index contributed by atoms with van der Waals surface area (Å²) in [6.45, 7) is 6.49. The Morgan fingerprint density at radius 1 is 1.31 bits per heavy atom. The second kappa shape index (κ2) is 6.67. The lowest BCUT2D eigenvalue weighted by atomic mass is 9.77. The molecular weight excluding hydrogens is 330 g/mol. The molecular formula is C20H25N3O3. The Bertz CT molecular complexity index is 816. The molecule has 1 unspecified atom stereocenters. The van der Waals surface area contributed by atoms with Crippen molar-refractivity contribution < 1.29 is 14.3 Å². The number of fused-ring (bicyclic) bond motifs is 1. The van der Waals surface area contributed by atoms with E-state index in [0.717, 1.165) is 49.7 Å². The summed E-state index contributed by atoms with van der Waals surface area (Å²) >= 11 is 0. The van der Waals surface area contributed by atoms with Crippen molar-refractivity contribution in [3.05, 3.63) is 42.0 Å². The first-order valence-corrected chi connectivity index (χ1v) is 9.16. The van der Waals surface area contributed by atoms with Gasteiger partial charge in [0.05, 0.1) is 0 Å². The van der Waals surface area contributed by atoms with E-state index in [1.165, 1.54) is 5.56 Å². The number of hydrogen-bond acceptors (Lipinski definition) is 4.